The maximum absolute atomic E-state index is 8.86. The number of nitriles is 1. The molecule has 0 fully saturated rings. The predicted octanol–water partition coefficient (Wildman–Crippen LogP) is 3.11. The third-order valence-corrected chi connectivity index (χ3v) is 2.28. The van der Waals surface area contributed by atoms with E-state index in [1.807, 2.05) is 6.07 Å². The molecule has 0 saturated carbocycles. The third kappa shape index (κ3) is 3.65. The molecule has 2 nitrogen and oxygen atoms in total. The fourth-order valence-electron chi connectivity index (χ4n) is 1.07. The number of terminal acetylenes is 1. The zero-order valence-corrected chi connectivity index (χ0v) is 9.75. The van der Waals surface area contributed by atoms with E-state index in [0.717, 1.165) is 10.9 Å². The first-order valence-electron chi connectivity index (χ1n) is 4.54. The zero-order chi connectivity index (χ0) is 11.1. The molecule has 3 heteroatoms. The molecule has 0 unspecified atom stereocenters. The third-order valence-electron chi connectivity index (χ3n) is 1.79. The van der Waals surface area contributed by atoms with E-state index in [4.69, 9.17) is 16.4 Å². The normalized spacial score (nSPS) is 9.00. The van der Waals surface area contributed by atoms with Crippen LogP contribution in [0.3, 0.4) is 0 Å². The van der Waals surface area contributed by atoms with Crippen molar-refractivity contribution in [3.63, 3.8) is 0 Å². The lowest BCUT2D eigenvalue weighted by molar-refractivity contribution is 0.312. The van der Waals surface area contributed by atoms with Crippen molar-refractivity contribution in [1.82, 2.24) is 0 Å². The Morgan fingerprint density at radius 1 is 1.47 bits per heavy atom. The Morgan fingerprint density at radius 2 is 2.27 bits per heavy atom. The summed E-state index contributed by atoms with van der Waals surface area (Å²) in [4.78, 5) is 0. The van der Waals surface area contributed by atoms with Gasteiger partial charge in [0.1, 0.15) is 11.8 Å². The van der Waals surface area contributed by atoms with Gasteiger partial charge < -0.3 is 4.74 Å². The molecule has 1 aromatic rings. The molecular weight excluding hydrogens is 254 g/mol. The van der Waals surface area contributed by atoms with E-state index in [1.165, 1.54) is 0 Å². The number of rotatable bonds is 4. The molecule has 0 saturated heterocycles. The van der Waals surface area contributed by atoms with E-state index in [1.54, 1.807) is 12.1 Å². The van der Waals surface area contributed by atoms with Crippen LogP contribution >= 0.6 is 15.9 Å². The molecule has 0 spiro atoms. The summed E-state index contributed by atoms with van der Waals surface area (Å²) >= 11 is 3.30. The largest absolute Gasteiger partial charge is 0.492 e. The minimum atomic E-state index is 0.532. The van der Waals surface area contributed by atoms with Crippen LogP contribution in [0.25, 0.3) is 0 Å². The summed E-state index contributed by atoms with van der Waals surface area (Å²) in [5.41, 5.74) is 0.532. The van der Waals surface area contributed by atoms with Gasteiger partial charge in [-0.15, -0.1) is 12.3 Å². The first-order valence-corrected chi connectivity index (χ1v) is 5.33. The Bertz CT molecular complexity index is 415. The average Bonchev–Trinajstić information content (AvgIpc) is 2.26. The summed E-state index contributed by atoms with van der Waals surface area (Å²) in [5, 5.41) is 8.86. The first-order chi connectivity index (χ1) is 7.27. The van der Waals surface area contributed by atoms with Crippen LogP contribution < -0.4 is 4.74 Å². The molecule has 0 aliphatic rings. The van der Waals surface area contributed by atoms with E-state index < -0.39 is 0 Å². The van der Waals surface area contributed by atoms with Crippen molar-refractivity contribution in [3.05, 3.63) is 28.2 Å². The number of ether oxygens (including phenoxy) is 1. The Kier molecular flexibility index (Phi) is 4.74. The molecule has 15 heavy (non-hydrogen) atoms. The molecule has 0 aromatic heterocycles. The van der Waals surface area contributed by atoms with E-state index >= 15 is 0 Å². The molecule has 0 aliphatic heterocycles. The molecule has 0 N–H and O–H groups in total. The Labute approximate surface area is 98.0 Å². The van der Waals surface area contributed by atoms with Crippen molar-refractivity contribution in [2.75, 3.05) is 6.61 Å². The van der Waals surface area contributed by atoms with Gasteiger partial charge in [-0.1, -0.05) is 15.9 Å². The Morgan fingerprint density at radius 3 is 2.93 bits per heavy atom. The lowest BCUT2D eigenvalue weighted by atomic mass is 10.2. The summed E-state index contributed by atoms with van der Waals surface area (Å²) in [6.07, 6.45) is 6.62. The highest BCUT2D eigenvalue weighted by molar-refractivity contribution is 9.10. The highest BCUT2D eigenvalue weighted by Gasteiger charge is 2.03. The quantitative estimate of drug-likeness (QED) is 0.618. The Balaban J connectivity index is 2.62. The molecular formula is C12H10BrNO. The van der Waals surface area contributed by atoms with Crippen molar-refractivity contribution in [2.45, 2.75) is 12.8 Å². The number of hydrogen-bond acceptors (Lipinski definition) is 2. The maximum atomic E-state index is 8.86. The van der Waals surface area contributed by atoms with E-state index in [-0.39, 0.29) is 0 Å². The van der Waals surface area contributed by atoms with E-state index in [0.29, 0.717) is 24.3 Å². The molecule has 0 heterocycles. The van der Waals surface area contributed by atoms with Gasteiger partial charge in [0.15, 0.2) is 0 Å². The van der Waals surface area contributed by atoms with Crippen LogP contribution in [0.5, 0.6) is 5.75 Å². The smallest absolute Gasteiger partial charge is 0.137 e. The molecule has 0 radical (unpaired) electrons. The number of unbranched alkanes of at least 4 members (excludes halogenated alkanes) is 1. The fraction of sp³-hybridized carbons (Fsp3) is 0.250. The van der Waals surface area contributed by atoms with Gasteiger partial charge >= 0.3 is 0 Å². The first kappa shape index (κ1) is 11.6. The van der Waals surface area contributed by atoms with Crippen molar-refractivity contribution < 1.29 is 4.74 Å². The van der Waals surface area contributed by atoms with Crippen LogP contribution in [0, 0.1) is 23.7 Å². The van der Waals surface area contributed by atoms with Crippen LogP contribution in [0.1, 0.15) is 18.4 Å². The Hall–Kier alpha value is -1.45. The van der Waals surface area contributed by atoms with Crippen LogP contribution in [-0.2, 0) is 0 Å². The van der Waals surface area contributed by atoms with Crippen molar-refractivity contribution in [2.24, 2.45) is 0 Å². The number of nitrogens with zero attached hydrogens (tertiary/aromatic N) is 1. The number of benzene rings is 1. The monoisotopic (exact) mass is 263 g/mol. The van der Waals surface area contributed by atoms with Gasteiger partial charge in [0.05, 0.1) is 12.2 Å². The molecule has 0 atom stereocenters. The molecule has 1 aromatic carbocycles. The topological polar surface area (TPSA) is 33.0 Å². The molecule has 0 amide bonds. The minimum absolute atomic E-state index is 0.532. The van der Waals surface area contributed by atoms with Gasteiger partial charge in [0, 0.05) is 10.9 Å². The van der Waals surface area contributed by atoms with Gasteiger partial charge in [-0.25, -0.2) is 0 Å². The highest BCUT2D eigenvalue weighted by Crippen LogP contribution is 2.22. The standard InChI is InChI=1S/C12H10BrNO/c1-2-3-4-7-15-12-6-5-11(13)8-10(12)9-14/h1,5-6,8H,3-4,7H2. The summed E-state index contributed by atoms with van der Waals surface area (Å²) < 4.78 is 6.32. The van der Waals surface area contributed by atoms with Crippen LogP contribution in [0.2, 0.25) is 0 Å². The SMILES string of the molecule is C#CCCCOc1ccc(Br)cc1C#N. The second-order valence-electron chi connectivity index (χ2n) is 2.91. The highest BCUT2D eigenvalue weighted by atomic mass is 79.9. The predicted molar refractivity (Wildman–Crippen MR) is 62.4 cm³/mol. The maximum Gasteiger partial charge on any atom is 0.137 e. The van der Waals surface area contributed by atoms with Gasteiger partial charge in [-0.05, 0) is 24.6 Å². The van der Waals surface area contributed by atoms with Gasteiger partial charge in [0.25, 0.3) is 0 Å². The van der Waals surface area contributed by atoms with Crippen LogP contribution in [0.15, 0.2) is 22.7 Å². The summed E-state index contributed by atoms with van der Waals surface area (Å²) in [7, 11) is 0. The van der Waals surface area contributed by atoms with Crippen LogP contribution in [-0.4, -0.2) is 6.61 Å². The molecule has 76 valence electrons. The van der Waals surface area contributed by atoms with Crippen molar-refractivity contribution in [1.29, 1.82) is 5.26 Å². The number of hydrogen-bond donors (Lipinski definition) is 0. The lowest BCUT2D eigenvalue weighted by Crippen LogP contribution is -1.98. The van der Waals surface area contributed by atoms with Crippen LogP contribution in [0.4, 0.5) is 0 Å². The van der Waals surface area contributed by atoms with Crippen molar-refractivity contribution in [3.8, 4) is 24.2 Å². The minimum Gasteiger partial charge on any atom is -0.492 e. The second-order valence-corrected chi connectivity index (χ2v) is 3.82. The summed E-state index contributed by atoms with van der Waals surface area (Å²) in [6.45, 7) is 0.542. The van der Waals surface area contributed by atoms with Gasteiger partial charge in [0.2, 0.25) is 0 Å². The number of halogens is 1. The summed E-state index contributed by atoms with van der Waals surface area (Å²) in [6, 6.07) is 7.44. The molecule has 0 aliphatic carbocycles. The van der Waals surface area contributed by atoms with Crippen molar-refractivity contribution >= 4 is 15.9 Å². The zero-order valence-electron chi connectivity index (χ0n) is 8.16. The lowest BCUT2D eigenvalue weighted by Gasteiger charge is -2.06. The molecule has 1 rings (SSSR count). The fourth-order valence-corrected chi connectivity index (χ4v) is 1.43. The second kappa shape index (κ2) is 6.11. The van der Waals surface area contributed by atoms with Gasteiger partial charge in [-0.3, -0.25) is 0 Å². The average molecular weight is 264 g/mol. The van der Waals surface area contributed by atoms with E-state index in [9.17, 15) is 0 Å². The van der Waals surface area contributed by atoms with Gasteiger partial charge in [-0.2, -0.15) is 5.26 Å². The van der Waals surface area contributed by atoms with E-state index in [2.05, 4.69) is 27.9 Å². The molecule has 0 bridgehead atoms. The summed E-state index contributed by atoms with van der Waals surface area (Å²) in [5.74, 6) is 3.15.